The van der Waals surface area contributed by atoms with E-state index in [0.717, 1.165) is 6.42 Å². The molecule has 1 amide bonds. The zero-order valence-corrected chi connectivity index (χ0v) is 16.2. The quantitative estimate of drug-likeness (QED) is 0.367. The van der Waals surface area contributed by atoms with Crippen LogP contribution in [0.3, 0.4) is 0 Å². The van der Waals surface area contributed by atoms with E-state index in [2.05, 4.69) is 5.32 Å². The number of ether oxygens (including phenoxy) is 3. The summed E-state index contributed by atoms with van der Waals surface area (Å²) in [6.07, 6.45) is 0.828. The molecular formula is C20H22N2O7. The zero-order chi connectivity index (χ0) is 21.2. The number of carbonyl (C=O) groups excluding carboxylic acids is 2. The smallest absolute Gasteiger partial charge is 0.338 e. The first-order valence-electron chi connectivity index (χ1n) is 9.05. The van der Waals surface area contributed by atoms with E-state index < -0.39 is 23.4 Å². The summed E-state index contributed by atoms with van der Waals surface area (Å²) in [5.41, 5.74) is 0.283. The Bertz CT molecular complexity index is 883. The summed E-state index contributed by atoms with van der Waals surface area (Å²) >= 11 is 0. The number of hydrogen-bond donors (Lipinski definition) is 1. The lowest BCUT2D eigenvalue weighted by atomic mass is 10.2. The van der Waals surface area contributed by atoms with Gasteiger partial charge in [-0.05, 0) is 37.6 Å². The third-order valence-corrected chi connectivity index (χ3v) is 3.62. The highest BCUT2D eigenvalue weighted by atomic mass is 16.6. The molecule has 0 fully saturated rings. The third-order valence-electron chi connectivity index (χ3n) is 3.62. The van der Waals surface area contributed by atoms with Crippen molar-refractivity contribution in [3.63, 3.8) is 0 Å². The van der Waals surface area contributed by atoms with Crippen LogP contribution in [-0.2, 0) is 9.53 Å². The first kappa shape index (κ1) is 21.7. The van der Waals surface area contributed by atoms with E-state index in [1.807, 2.05) is 13.8 Å². The number of anilines is 1. The molecule has 29 heavy (non-hydrogen) atoms. The number of benzene rings is 2. The number of nitrogens with one attached hydrogen (secondary N) is 1. The molecule has 0 atom stereocenters. The highest BCUT2D eigenvalue weighted by molar-refractivity contribution is 5.96. The second-order valence-electron chi connectivity index (χ2n) is 5.87. The van der Waals surface area contributed by atoms with Gasteiger partial charge in [-0.15, -0.1) is 0 Å². The number of nitrogens with zero attached hydrogens (tertiary/aromatic N) is 1. The maximum Gasteiger partial charge on any atom is 0.338 e. The SMILES string of the molecule is CCCOc1ccc(C(=O)OCC(=O)Nc2cccc([N+](=O)[O-])c2)cc1OCC. The molecule has 9 nitrogen and oxygen atoms in total. The van der Waals surface area contributed by atoms with Gasteiger partial charge in [0.05, 0.1) is 23.7 Å². The maximum atomic E-state index is 12.2. The molecule has 0 bridgehead atoms. The summed E-state index contributed by atoms with van der Waals surface area (Å²) < 4.78 is 16.1. The van der Waals surface area contributed by atoms with Crippen molar-refractivity contribution >= 4 is 23.3 Å². The average Bonchev–Trinajstić information content (AvgIpc) is 2.71. The fourth-order valence-electron chi connectivity index (χ4n) is 2.34. The van der Waals surface area contributed by atoms with Gasteiger partial charge in [-0.3, -0.25) is 14.9 Å². The molecule has 0 saturated carbocycles. The number of carbonyl (C=O) groups is 2. The van der Waals surface area contributed by atoms with Crippen LogP contribution in [0.25, 0.3) is 0 Å². The Kier molecular flexibility index (Phi) is 7.96. The van der Waals surface area contributed by atoms with Gasteiger partial charge < -0.3 is 19.5 Å². The van der Waals surface area contributed by atoms with Crippen LogP contribution in [0.1, 0.15) is 30.6 Å². The molecule has 154 valence electrons. The van der Waals surface area contributed by atoms with Crippen molar-refractivity contribution in [1.82, 2.24) is 0 Å². The normalized spacial score (nSPS) is 10.1. The molecule has 0 aromatic heterocycles. The van der Waals surface area contributed by atoms with Crippen LogP contribution in [0.5, 0.6) is 11.5 Å². The first-order valence-corrected chi connectivity index (χ1v) is 9.05. The minimum absolute atomic E-state index is 0.159. The van der Waals surface area contributed by atoms with Crippen molar-refractivity contribution in [2.45, 2.75) is 20.3 Å². The Morgan fingerprint density at radius 3 is 2.55 bits per heavy atom. The minimum atomic E-state index is -0.706. The monoisotopic (exact) mass is 402 g/mol. The standard InChI is InChI=1S/C20H22N2O7/c1-3-10-28-17-9-8-14(11-18(17)27-4-2)20(24)29-13-19(23)21-15-6-5-7-16(12-15)22(25)26/h5-9,11-12H,3-4,10,13H2,1-2H3,(H,21,23). The van der Waals surface area contributed by atoms with Gasteiger partial charge in [0.1, 0.15) is 0 Å². The van der Waals surface area contributed by atoms with Crippen molar-refractivity contribution in [1.29, 1.82) is 0 Å². The molecule has 0 saturated heterocycles. The van der Waals surface area contributed by atoms with Gasteiger partial charge in [-0.25, -0.2) is 4.79 Å². The highest BCUT2D eigenvalue weighted by Crippen LogP contribution is 2.29. The Morgan fingerprint density at radius 1 is 1.07 bits per heavy atom. The van der Waals surface area contributed by atoms with Gasteiger partial charge in [0.25, 0.3) is 11.6 Å². The highest BCUT2D eigenvalue weighted by Gasteiger charge is 2.15. The summed E-state index contributed by atoms with van der Waals surface area (Å²) in [6.45, 7) is 4.16. The molecule has 0 aliphatic rings. The van der Waals surface area contributed by atoms with Crippen LogP contribution in [0, 0.1) is 10.1 Å². The molecule has 0 heterocycles. The Morgan fingerprint density at radius 2 is 1.86 bits per heavy atom. The van der Waals surface area contributed by atoms with Crippen LogP contribution in [0.15, 0.2) is 42.5 Å². The number of esters is 1. The topological polar surface area (TPSA) is 117 Å². The summed E-state index contributed by atoms with van der Waals surface area (Å²) in [5, 5.41) is 13.2. The summed E-state index contributed by atoms with van der Waals surface area (Å²) in [5.74, 6) is -0.390. The predicted molar refractivity (Wildman–Crippen MR) is 105 cm³/mol. The average molecular weight is 402 g/mol. The van der Waals surface area contributed by atoms with Crippen molar-refractivity contribution in [2.75, 3.05) is 25.1 Å². The molecule has 0 unspecified atom stereocenters. The van der Waals surface area contributed by atoms with Crippen LogP contribution < -0.4 is 14.8 Å². The molecule has 9 heteroatoms. The molecule has 0 aliphatic heterocycles. The van der Waals surface area contributed by atoms with Crippen LogP contribution in [0.2, 0.25) is 0 Å². The summed E-state index contributed by atoms with van der Waals surface area (Å²) in [6, 6.07) is 10.1. The molecule has 2 rings (SSSR count). The maximum absolute atomic E-state index is 12.2. The van der Waals surface area contributed by atoms with E-state index in [9.17, 15) is 19.7 Å². The Hall–Kier alpha value is -3.62. The molecule has 0 spiro atoms. The third kappa shape index (κ3) is 6.49. The molecule has 0 radical (unpaired) electrons. The van der Waals surface area contributed by atoms with Crippen molar-refractivity contribution in [3.8, 4) is 11.5 Å². The lowest BCUT2D eigenvalue weighted by Gasteiger charge is -2.13. The molecule has 0 aliphatic carbocycles. The molecule has 2 aromatic rings. The van der Waals surface area contributed by atoms with Crippen molar-refractivity contribution in [2.24, 2.45) is 0 Å². The molecular weight excluding hydrogens is 380 g/mol. The van der Waals surface area contributed by atoms with Crippen molar-refractivity contribution < 1.29 is 28.7 Å². The van der Waals surface area contributed by atoms with E-state index in [4.69, 9.17) is 14.2 Å². The van der Waals surface area contributed by atoms with Gasteiger partial charge in [-0.2, -0.15) is 0 Å². The Labute approximate surface area is 167 Å². The number of non-ortho nitro benzene ring substituents is 1. The fraction of sp³-hybridized carbons (Fsp3) is 0.300. The van der Waals surface area contributed by atoms with Crippen LogP contribution >= 0.6 is 0 Å². The van der Waals surface area contributed by atoms with E-state index in [1.54, 1.807) is 6.07 Å². The second kappa shape index (κ2) is 10.6. The first-order chi connectivity index (χ1) is 13.9. The lowest BCUT2D eigenvalue weighted by Crippen LogP contribution is -2.21. The van der Waals surface area contributed by atoms with E-state index >= 15 is 0 Å². The summed E-state index contributed by atoms with van der Waals surface area (Å²) in [7, 11) is 0. The fourth-order valence-corrected chi connectivity index (χ4v) is 2.34. The van der Waals surface area contributed by atoms with Gasteiger partial charge in [0.2, 0.25) is 0 Å². The van der Waals surface area contributed by atoms with Gasteiger partial charge in [0, 0.05) is 17.8 Å². The van der Waals surface area contributed by atoms with Gasteiger partial charge in [0.15, 0.2) is 18.1 Å². The number of nitro benzene ring substituents is 1. The number of amides is 1. The van der Waals surface area contributed by atoms with E-state index in [0.29, 0.717) is 24.7 Å². The number of rotatable bonds is 10. The minimum Gasteiger partial charge on any atom is -0.490 e. The molecule has 1 N–H and O–H groups in total. The van der Waals surface area contributed by atoms with Gasteiger partial charge in [-0.1, -0.05) is 13.0 Å². The molecule has 2 aromatic carbocycles. The number of hydrogen-bond acceptors (Lipinski definition) is 7. The van der Waals surface area contributed by atoms with Crippen LogP contribution in [0.4, 0.5) is 11.4 Å². The van der Waals surface area contributed by atoms with E-state index in [-0.39, 0.29) is 16.9 Å². The largest absolute Gasteiger partial charge is 0.490 e. The lowest BCUT2D eigenvalue weighted by molar-refractivity contribution is -0.384. The van der Waals surface area contributed by atoms with E-state index in [1.165, 1.54) is 36.4 Å². The van der Waals surface area contributed by atoms with Crippen LogP contribution in [-0.4, -0.2) is 36.6 Å². The van der Waals surface area contributed by atoms with Crippen molar-refractivity contribution in [3.05, 3.63) is 58.1 Å². The number of nitro groups is 1. The van der Waals surface area contributed by atoms with Gasteiger partial charge >= 0.3 is 5.97 Å². The summed E-state index contributed by atoms with van der Waals surface area (Å²) in [4.78, 5) is 34.4. The second-order valence-corrected chi connectivity index (χ2v) is 5.87. The Balaban J connectivity index is 1.97. The predicted octanol–water partition coefficient (Wildman–Crippen LogP) is 3.58. The zero-order valence-electron chi connectivity index (χ0n) is 16.2.